The third-order valence-electron chi connectivity index (χ3n) is 3.92. The molecule has 21 heavy (non-hydrogen) atoms. The quantitative estimate of drug-likeness (QED) is 0.902. The van der Waals surface area contributed by atoms with Gasteiger partial charge >= 0.3 is 0 Å². The number of nitrogens with one attached hydrogen (secondary N) is 2. The zero-order valence-corrected chi connectivity index (χ0v) is 12.6. The molecule has 1 fully saturated rings. The van der Waals surface area contributed by atoms with Crippen molar-refractivity contribution in [2.24, 2.45) is 0 Å². The Morgan fingerprint density at radius 3 is 2.62 bits per heavy atom. The minimum absolute atomic E-state index is 0.270. The van der Waals surface area contributed by atoms with Gasteiger partial charge in [-0.3, -0.25) is 5.10 Å². The van der Waals surface area contributed by atoms with E-state index in [9.17, 15) is 8.42 Å². The summed E-state index contributed by atoms with van der Waals surface area (Å²) in [7, 11) is -2.80. The monoisotopic (exact) mass is 305 g/mol. The van der Waals surface area contributed by atoms with Crippen LogP contribution in [0.4, 0.5) is 0 Å². The fourth-order valence-electron chi connectivity index (χ4n) is 2.65. The molecule has 112 valence electrons. The summed E-state index contributed by atoms with van der Waals surface area (Å²) in [5, 5.41) is 10.6. The Morgan fingerprint density at radius 1 is 1.19 bits per heavy atom. The Balaban J connectivity index is 1.63. The first kappa shape index (κ1) is 14.3. The van der Waals surface area contributed by atoms with E-state index in [1.165, 1.54) is 0 Å². The van der Waals surface area contributed by atoms with Crippen molar-refractivity contribution in [1.29, 1.82) is 0 Å². The summed E-state index contributed by atoms with van der Waals surface area (Å²) >= 11 is 0. The third-order valence-corrected chi connectivity index (χ3v) is 5.63. The second-order valence-corrected chi connectivity index (χ2v) is 7.75. The number of benzene rings is 1. The highest BCUT2D eigenvalue weighted by molar-refractivity contribution is 7.91. The highest BCUT2D eigenvalue weighted by atomic mass is 32.2. The van der Waals surface area contributed by atoms with Gasteiger partial charge in [-0.05, 0) is 18.4 Å². The Kier molecular flexibility index (Phi) is 4.07. The molecule has 1 aliphatic rings. The van der Waals surface area contributed by atoms with Crippen molar-refractivity contribution in [1.82, 2.24) is 15.5 Å². The predicted octanol–water partition coefficient (Wildman–Crippen LogP) is 1.74. The summed E-state index contributed by atoms with van der Waals surface area (Å²) in [5.74, 6) is 0.586. The molecule has 3 rings (SSSR count). The number of rotatable bonds is 4. The molecule has 0 atom stereocenters. The summed E-state index contributed by atoms with van der Waals surface area (Å²) in [6.45, 7) is 0.700. The van der Waals surface area contributed by atoms with Crippen LogP contribution in [0.1, 0.15) is 18.4 Å². The number of hydrogen-bond acceptors (Lipinski definition) is 4. The number of nitrogens with zero attached hydrogens (tertiary/aromatic N) is 1. The van der Waals surface area contributed by atoms with Crippen LogP contribution in [-0.4, -0.2) is 36.2 Å². The lowest BCUT2D eigenvalue weighted by Gasteiger charge is -2.23. The summed E-state index contributed by atoms with van der Waals surface area (Å²) in [5.41, 5.74) is 3.24. The van der Waals surface area contributed by atoms with E-state index in [0.717, 1.165) is 16.8 Å². The molecule has 0 bridgehead atoms. The number of sulfone groups is 1. The molecule has 6 heteroatoms. The van der Waals surface area contributed by atoms with Gasteiger partial charge in [-0.1, -0.05) is 30.3 Å². The van der Waals surface area contributed by atoms with Crippen LogP contribution >= 0.6 is 0 Å². The van der Waals surface area contributed by atoms with Crippen LogP contribution in [0, 0.1) is 0 Å². The molecule has 2 aromatic rings. The van der Waals surface area contributed by atoms with Gasteiger partial charge in [-0.25, -0.2) is 8.42 Å². The first-order valence-electron chi connectivity index (χ1n) is 7.15. The van der Waals surface area contributed by atoms with Gasteiger partial charge in [0.1, 0.15) is 9.84 Å². The predicted molar refractivity (Wildman–Crippen MR) is 82.5 cm³/mol. The van der Waals surface area contributed by atoms with E-state index in [2.05, 4.69) is 15.5 Å². The molecule has 5 nitrogen and oxygen atoms in total. The van der Waals surface area contributed by atoms with Gasteiger partial charge in [0.15, 0.2) is 0 Å². The van der Waals surface area contributed by atoms with Gasteiger partial charge in [-0.15, -0.1) is 0 Å². The van der Waals surface area contributed by atoms with Crippen molar-refractivity contribution in [3.63, 3.8) is 0 Å². The molecule has 1 aromatic carbocycles. The van der Waals surface area contributed by atoms with Gasteiger partial charge < -0.3 is 5.32 Å². The first-order valence-corrected chi connectivity index (χ1v) is 8.98. The maximum atomic E-state index is 11.4. The Bertz CT molecular complexity index is 681. The van der Waals surface area contributed by atoms with Gasteiger partial charge in [0.25, 0.3) is 0 Å². The number of aromatic nitrogens is 2. The molecule has 0 amide bonds. The van der Waals surface area contributed by atoms with E-state index >= 15 is 0 Å². The fourth-order valence-corrected chi connectivity index (χ4v) is 4.14. The Morgan fingerprint density at radius 2 is 1.90 bits per heavy atom. The lowest BCUT2D eigenvalue weighted by Crippen LogP contribution is -2.37. The van der Waals surface area contributed by atoms with Crippen LogP contribution in [0.25, 0.3) is 11.3 Å². The molecule has 2 heterocycles. The van der Waals surface area contributed by atoms with Crippen molar-refractivity contribution in [2.75, 3.05) is 11.5 Å². The molecule has 1 aromatic heterocycles. The minimum Gasteiger partial charge on any atom is -0.310 e. The molecule has 0 aliphatic carbocycles. The van der Waals surface area contributed by atoms with E-state index in [4.69, 9.17) is 0 Å². The maximum absolute atomic E-state index is 11.4. The highest BCUT2D eigenvalue weighted by Gasteiger charge is 2.23. The number of hydrogen-bond donors (Lipinski definition) is 2. The van der Waals surface area contributed by atoms with E-state index < -0.39 is 9.84 Å². The smallest absolute Gasteiger partial charge is 0.150 e. The van der Waals surface area contributed by atoms with Crippen molar-refractivity contribution in [3.05, 3.63) is 42.1 Å². The normalized spacial score (nSPS) is 18.7. The van der Waals surface area contributed by atoms with Gasteiger partial charge in [-0.2, -0.15) is 5.10 Å². The van der Waals surface area contributed by atoms with Crippen LogP contribution in [0.3, 0.4) is 0 Å². The standard InChI is InChI=1S/C15H19N3O2S/c19-21(20)8-6-14(7-9-21)16-10-13-11-17-18-15(13)12-4-2-1-3-5-12/h1-5,11,14,16H,6-10H2,(H,17,18). The average molecular weight is 305 g/mol. The molecular formula is C15H19N3O2S. The zero-order chi connectivity index (χ0) is 14.7. The molecule has 0 radical (unpaired) electrons. The first-order chi connectivity index (χ1) is 10.1. The molecule has 2 N–H and O–H groups in total. The average Bonchev–Trinajstić information content (AvgIpc) is 2.95. The van der Waals surface area contributed by atoms with E-state index in [1.54, 1.807) is 0 Å². The number of aromatic amines is 1. The Labute approximate surface area is 124 Å². The van der Waals surface area contributed by atoms with Crippen molar-refractivity contribution < 1.29 is 8.42 Å². The second-order valence-electron chi connectivity index (χ2n) is 5.44. The Hall–Kier alpha value is -1.66. The third kappa shape index (κ3) is 3.51. The molecule has 0 saturated carbocycles. The molecule has 1 saturated heterocycles. The lowest BCUT2D eigenvalue weighted by molar-refractivity contribution is 0.463. The van der Waals surface area contributed by atoms with Crippen molar-refractivity contribution in [3.8, 4) is 11.3 Å². The van der Waals surface area contributed by atoms with Crippen molar-refractivity contribution in [2.45, 2.75) is 25.4 Å². The van der Waals surface area contributed by atoms with Gasteiger partial charge in [0.2, 0.25) is 0 Å². The second kappa shape index (κ2) is 5.99. The summed E-state index contributed by atoms with van der Waals surface area (Å²) in [6.07, 6.45) is 3.22. The van der Waals surface area contributed by atoms with Gasteiger partial charge in [0, 0.05) is 18.2 Å². The lowest BCUT2D eigenvalue weighted by atomic mass is 10.1. The fraction of sp³-hybridized carbons (Fsp3) is 0.400. The largest absolute Gasteiger partial charge is 0.310 e. The number of H-pyrrole nitrogens is 1. The highest BCUT2D eigenvalue weighted by Crippen LogP contribution is 2.21. The van der Waals surface area contributed by atoms with E-state index in [0.29, 0.717) is 30.9 Å². The van der Waals surface area contributed by atoms with E-state index in [1.807, 2.05) is 36.5 Å². The van der Waals surface area contributed by atoms with Crippen LogP contribution in [0.15, 0.2) is 36.5 Å². The minimum atomic E-state index is -2.80. The van der Waals surface area contributed by atoms with Crippen LogP contribution < -0.4 is 5.32 Å². The van der Waals surface area contributed by atoms with Crippen LogP contribution in [-0.2, 0) is 16.4 Å². The van der Waals surface area contributed by atoms with Crippen LogP contribution in [0.5, 0.6) is 0 Å². The molecule has 0 spiro atoms. The summed E-state index contributed by atoms with van der Waals surface area (Å²) in [6, 6.07) is 10.3. The summed E-state index contributed by atoms with van der Waals surface area (Å²) < 4.78 is 22.9. The molecular weight excluding hydrogens is 286 g/mol. The van der Waals surface area contributed by atoms with Crippen molar-refractivity contribution >= 4 is 9.84 Å². The topological polar surface area (TPSA) is 74.8 Å². The summed E-state index contributed by atoms with van der Waals surface area (Å²) in [4.78, 5) is 0. The molecule has 0 unspecified atom stereocenters. The molecule has 1 aliphatic heterocycles. The van der Waals surface area contributed by atoms with E-state index in [-0.39, 0.29) is 6.04 Å². The van der Waals surface area contributed by atoms with Gasteiger partial charge in [0.05, 0.1) is 23.4 Å². The SMILES string of the molecule is O=S1(=O)CCC(NCc2cn[nH]c2-c2ccccc2)CC1. The zero-order valence-electron chi connectivity index (χ0n) is 11.7. The maximum Gasteiger partial charge on any atom is 0.150 e. The van der Waals surface area contributed by atoms with Crippen LogP contribution in [0.2, 0.25) is 0 Å².